The van der Waals surface area contributed by atoms with Gasteiger partial charge in [-0.2, -0.15) is 0 Å². The SMILES string of the molecule is C1=NCCO1.O=C[C@@H](O)[C@@H](O)[C@H](O)[C@H](O)CO. The third kappa shape index (κ3) is 6.29. The summed E-state index contributed by atoms with van der Waals surface area (Å²) in [4.78, 5) is 13.6. The number of nitrogens with zero attached hydrogens (tertiary/aromatic N) is 1. The molecule has 0 bridgehead atoms. The molecule has 17 heavy (non-hydrogen) atoms. The summed E-state index contributed by atoms with van der Waals surface area (Å²) in [6, 6.07) is 0. The lowest BCUT2D eigenvalue weighted by atomic mass is 10.0. The lowest BCUT2D eigenvalue weighted by molar-refractivity contribution is -0.136. The van der Waals surface area contributed by atoms with E-state index in [1.54, 1.807) is 0 Å². The van der Waals surface area contributed by atoms with Gasteiger partial charge >= 0.3 is 0 Å². The van der Waals surface area contributed by atoms with Crippen molar-refractivity contribution in [2.45, 2.75) is 24.4 Å². The molecule has 0 fully saturated rings. The van der Waals surface area contributed by atoms with Crippen LogP contribution < -0.4 is 0 Å². The molecule has 0 spiro atoms. The van der Waals surface area contributed by atoms with Crippen LogP contribution in [0.25, 0.3) is 0 Å². The maximum Gasteiger partial charge on any atom is 0.169 e. The van der Waals surface area contributed by atoms with Crippen LogP contribution in [0.3, 0.4) is 0 Å². The van der Waals surface area contributed by atoms with E-state index < -0.39 is 31.0 Å². The van der Waals surface area contributed by atoms with Gasteiger partial charge in [-0.3, -0.25) is 4.99 Å². The molecule has 100 valence electrons. The monoisotopic (exact) mass is 251 g/mol. The molecule has 0 saturated heterocycles. The molecular formula is C9H17NO7. The first kappa shape index (κ1) is 15.9. The van der Waals surface area contributed by atoms with Gasteiger partial charge in [0, 0.05) is 0 Å². The van der Waals surface area contributed by atoms with Crippen molar-refractivity contribution in [3.8, 4) is 0 Å². The summed E-state index contributed by atoms with van der Waals surface area (Å²) in [6.07, 6.45) is -5.35. The zero-order chi connectivity index (χ0) is 13.3. The molecule has 0 amide bonds. The van der Waals surface area contributed by atoms with Gasteiger partial charge < -0.3 is 35.1 Å². The van der Waals surface area contributed by atoms with Gasteiger partial charge in [0.15, 0.2) is 12.7 Å². The predicted octanol–water partition coefficient (Wildman–Crippen LogP) is -3.33. The van der Waals surface area contributed by atoms with Crippen LogP contribution in [0.4, 0.5) is 0 Å². The van der Waals surface area contributed by atoms with Crippen LogP contribution in [0, 0.1) is 0 Å². The Kier molecular flexibility index (Phi) is 8.46. The molecule has 0 saturated carbocycles. The van der Waals surface area contributed by atoms with Crippen LogP contribution in [0.1, 0.15) is 0 Å². The second kappa shape index (κ2) is 9.02. The van der Waals surface area contributed by atoms with Crippen molar-refractivity contribution in [2.24, 2.45) is 4.99 Å². The summed E-state index contributed by atoms with van der Waals surface area (Å²) >= 11 is 0. The van der Waals surface area contributed by atoms with E-state index in [1.807, 2.05) is 0 Å². The van der Waals surface area contributed by atoms with Crippen LogP contribution in [-0.4, -0.2) is 82.4 Å². The molecule has 1 aliphatic heterocycles. The van der Waals surface area contributed by atoms with Crippen LogP contribution in [0.5, 0.6) is 0 Å². The lowest BCUT2D eigenvalue weighted by Crippen LogP contribution is -2.46. The highest BCUT2D eigenvalue weighted by atomic mass is 16.5. The Labute approximate surface area is 97.8 Å². The fourth-order valence-electron chi connectivity index (χ4n) is 0.882. The standard InChI is InChI=1S/C6H12O6.C3H5NO/c7-1-3(9)5(11)6(12)4(10)2-8;1-2-5-3-4-1/h1,3-6,8-12H,2H2;3H,1-2H2/t3-,4-,5-,6-;/m1./s1. The van der Waals surface area contributed by atoms with E-state index in [0.717, 1.165) is 13.2 Å². The molecule has 0 radical (unpaired) electrons. The minimum Gasteiger partial charge on any atom is -0.482 e. The Morgan fingerprint density at radius 2 is 1.94 bits per heavy atom. The third-order valence-electron chi connectivity index (χ3n) is 1.91. The molecule has 0 aromatic carbocycles. The van der Waals surface area contributed by atoms with Gasteiger partial charge in [0.2, 0.25) is 0 Å². The molecule has 5 N–H and O–H groups in total. The fourth-order valence-corrected chi connectivity index (χ4v) is 0.882. The minimum absolute atomic E-state index is 0.0258. The summed E-state index contributed by atoms with van der Waals surface area (Å²) in [6.45, 7) is 0.865. The fraction of sp³-hybridized carbons (Fsp3) is 0.778. The van der Waals surface area contributed by atoms with E-state index in [2.05, 4.69) is 9.73 Å². The molecule has 1 heterocycles. The van der Waals surface area contributed by atoms with Crippen molar-refractivity contribution in [3.63, 3.8) is 0 Å². The molecule has 0 aliphatic carbocycles. The highest BCUT2D eigenvalue weighted by Crippen LogP contribution is 2.02. The first-order valence-electron chi connectivity index (χ1n) is 4.93. The quantitative estimate of drug-likeness (QED) is 0.322. The van der Waals surface area contributed by atoms with E-state index >= 15 is 0 Å². The second-order valence-electron chi connectivity index (χ2n) is 3.24. The Balaban J connectivity index is 0.000000419. The summed E-state index contributed by atoms with van der Waals surface area (Å²) in [5.41, 5.74) is 0. The van der Waals surface area contributed by atoms with Crippen molar-refractivity contribution < 1.29 is 35.1 Å². The number of aliphatic imine (C=N–C) groups is 1. The third-order valence-corrected chi connectivity index (χ3v) is 1.91. The molecule has 0 unspecified atom stereocenters. The average Bonchev–Trinajstić information content (AvgIpc) is 2.93. The molecular weight excluding hydrogens is 234 g/mol. The summed E-state index contributed by atoms with van der Waals surface area (Å²) in [5, 5.41) is 43.5. The van der Waals surface area contributed by atoms with Crippen LogP contribution in [-0.2, 0) is 9.53 Å². The van der Waals surface area contributed by atoms with E-state index in [1.165, 1.54) is 6.40 Å². The lowest BCUT2D eigenvalue weighted by Gasteiger charge is -2.22. The van der Waals surface area contributed by atoms with E-state index in [-0.39, 0.29) is 6.29 Å². The second-order valence-corrected chi connectivity index (χ2v) is 3.24. The number of carbonyl (C=O) groups is 1. The van der Waals surface area contributed by atoms with E-state index in [4.69, 9.17) is 25.5 Å². The van der Waals surface area contributed by atoms with Gasteiger partial charge in [-0.25, -0.2) is 0 Å². The number of carbonyl (C=O) groups excluding carboxylic acids is 1. The van der Waals surface area contributed by atoms with Crippen LogP contribution in [0.15, 0.2) is 4.99 Å². The number of ether oxygens (including phenoxy) is 1. The van der Waals surface area contributed by atoms with Crippen molar-refractivity contribution >= 4 is 12.7 Å². The Hall–Kier alpha value is -1.06. The summed E-state index contributed by atoms with van der Waals surface area (Å²) in [7, 11) is 0. The van der Waals surface area contributed by atoms with Crippen LogP contribution in [0.2, 0.25) is 0 Å². The highest BCUT2D eigenvalue weighted by Gasteiger charge is 2.29. The highest BCUT2D eigenvalue weighted by molar-refractivity contribution is 5.56. The first-order chi connectivity index (χ1) is 8.04. The zero-order valence-corrected chi connectivity index (χ0v) is 9.09. The molecule has 0 aromatic rings. The Morgan fingerprint density at radius 1 is 1.29 bits per heavy atom. The van der Waals surface area contributed by atoms with Gasteiger partial charge in [0.25, 0.3) is 0 Å². The van der Waals surface area contributed by atoms with Crippen molar-refractivity contribution in [2.75, 3.05) is 19.8 Å². The van der Waals surface area contributed by atoms with E-state index in [9.17, 15) is 4.79 Å². The van der Waals surface area contributed by atoms with Crippen molar-refractivity contribution in [1.29, 1.82) is 0 Å². The molecule has 8 nitrogen and oxygen atoms in total. The maximum atomic E-state index is 9.90. The largest absolute Gasteiger partial charge is 0.482 e. The average molecular weight is 251 g/mol. The molecule has 1 rings (SSSR count). The zero-order valence-electron chi connectivity index (χ0n) is 9.09. The molecule has 8 heteroatoms. The van der Waals surface area contributed by atoms with Gasteiger partial charge in [0.05, 0.1) is 13.2 Å². The smallest absolute Gasteiger partial charge is 0.169 e. The number of rotatable bonds is 5. The number of hydrogen-bond acceptors (Lipinski definition) is 8. The first-order valence-corrected chi connectivity index (χ1v) is 4.93. The van der Waals surface area contributed by atoms with Gasteiger partial charge in [-0.1, -0.05) is 0 Å². The number of aliphatic hydroxyl groups is 5. The minimum atomic E-state index is -1.79. The summed E-state index contributed by atoms with van der Waals surface area (Å²) < 4.78 is 4.65. The van der Waals surface area contributed by atoms with Gasteiger partial charge in [-0.05, 0) is 0 Å². The topological polar surface area (TPSA) is 140 Å². The number of aliphatic hydroxyl groups excluding tert-OH is 5. The molecule has 1 aliphatic rings. The van der Waals surface area contributed by atoms with Gasteiger partial charge in [-0.15, -0.1) is 0 Å². The summed E-state index contributed by atoms with van der Waals surface area (Å²) in [5.74, 6) is 0. The van der Waals surface area contributed by atoms with Crippen molar-refractivity contribution in [1.82, 2.24) is 0 Å². The number of aldehydes is 1. The Morgan fingerprint density at radius 3 is 2.24 bits per heavy atom. The predicted molar refractivity (Wildman–Crippen MR) is 56.5 cm³/mol. The molecule has 4 atom stereocenters. The normalized spacial score (nSPS) is 20.5. The maximum absolute atomic E-state index is 9.90. The van der Waals surface area contributed by atoms with E-state index in [0.29, 0.717) is 0 Å². The van der Waals surface area contributed by atoms with Gasteiger partial charge in [0.1, 0.15) is 31.0 Å². The van der Waals surface area contributed by atoms with Crippen molar-refractivity contribution in [3.05, 3.63) is 0 Å². The van der Waals surface area contributed by atoms with Crippen LogP contribution >= 0.6 is 0 Å². The number of hydrogen-bond donors (Lipinski definition) is 5. The molecule has 0 aromatic heterocycles. The Bertz CT molecular complexity index is 229.